The Labute approximate surface area is 66.9 Å². The summed E-state index contributed by atoms with van der Waals surface area (Å²) in [6, 6.07) is 0. The highest BCUT2D eigenvalue weighted by molar-refractivity contribution is 5.77. The maximum Gasteiger partial charge on any atom is 0.188 e. The van der Waals surface area contributed by atoms with Crippen molar-refractivity contribution in [3.05, 3.63) is 11.5 Å². The SMILES string of the molecule is CN=CC(C)=C(N)OC1CC1. The average molecular weight is 154 g/mol. The maximum absolute atomic E-state index is 5.61. The molecular formula is C8H14N2O. The molecule has 0 heterocycles. The molecule has 0 atom stereocenters. The molecule has 1 fully saturated rings. The Morgan fingerprint density at radius 1 is 1.64 bits per heavy atom. The molecule has 0 aromatic rings. The summed E-state index contributed by atoms with van der Waals surface area (Å²) < 4.78 is 5.34. The van der Waals surface area contributed by atoms with Crippen LogP contribution in [-0.2, 0) is 4.74 Å². The van der Waals surface area contributed by atoms with Gasteiger partial charge in [0.05, 0.1) is 0 Å². The van der Waals surface area contributed by atoms with Crippen molar-refractivity contribution in [3.63, 3.8) is 0 Å². The molecule has 1 aliphatic rings. The van der Waals surface area contributed by atoms with E-state index in [1.165, 1.54) is 0 Å². The van der Waals surface area contributed by atoms with Crippen molar-refractivity contribution in [2.75, 3.05) is 7.05 Å². The lowest BCUT2D eigenvalue weighted by Gasteiger charge is -2.04. The summed E-state index contributed by atoms with van der Waals surface area (Å²) in [4.78, 5) is 3.84. The second-order valence-corrected chi connectivity index (χ2v) is 2.75. The third kappa shape index (κ3) is 2.62. The summed E-state index contributed by atoms with van der Waals surface area (Å²) in [6.07, 6.45) is 4.35. The van der Waals surface area contributed by atoms with Crippen molar-refractivity contribution in [1.82, 2.24) is 0 Å². The molecule has 2 N–H and O–H groups in total. The van der Waals surface area contributed by atoms with Crippen LogP contribution in [0.4, 0.5) is 0 Å². The Morgan fingerprint density at radius 2 is 2.27 bits per heavy atom. The Kier molecular flexibility index (Phi) is 2.52. The first-order valence-corrected chi connectivity index (χ1v) is 3.79. The number of nitrogens with zero attached hydrogens (tertiary/aromatic N) is 1. The average Bonchev–Trinajstić information content (AvgIpc) is 2.72. The van der Waals surface area contributed by atoms with Crippen LogP contribution in [0.2, 0.25) is 0 Å². The molecule has 1 aliphatic carbocycles. The van der Waals surface area contributed by atoms with Crippen molar-refractivity contribution in [3.8, 4) is 0 Å². The van der Waals surface area contributed by atoms with E-state index >= 15 is 0 Å². The molecule has 0 saturated heterocycles. The molecule has 3 heteroatoms. The zero-order valence-electron chi connectivity index (χ0n) is 7.00. The van der Waals surface area contributed by atoms with Crippen LogP contribution in [-0.4, -0.2) is 19.4 Å². The molecule has 0 spiro atoms. The smallest absolute Gasteiger partial charge is 0.188 e. The highest BCUT2D eigenvalue weighted by atomic mass is 16.5. The zero-order valence-corrected chi connectivity index (χ0v) is 7.00. The van der Waals surface area contributed by atoms with Gasteiger partial charge in [0, 0.05) is 18.8 Å². The van der Waals surface area contributed by atoms with Crippen molar-refractivity contribution in [2.24, 2.45) is 10.7 Å². The van der Waals surface area contributed by atoms with E-state index in [1.54, 1.807) is 13.3 Å². The minimum absolute atomic E-state index is 0.371. The third-order valence-electron chi connectivity index (χ3n) is 1.53. The molecule has 0 aliphatic heterocycles. The predicted molar refractivity (Wildman–Crippen MR) is 45.4 cm³/mol. The summed E-state index contributed by atoms with van der Waals surface area (Å²) in [5.74, 6) is 0.512. The summed E-state index contributed by atoms with van der Waals surface area (Å²) in [7, 11) is 1.72. The maximum atomic E-state index is 5.61. The normalized spacial score (nSPS) is 20.2. The standard InChI is InChI=1S/C8H14N2O/c1-6(5-10-2)8(9)11-7-3-4-7/h5,7H,3-4,9H2,1-2H3. The lowest BCUT2D eigenvalue weighted by atomic mass is 10.3. The molecule has 3 nitrogen and oxygen atoms in total. The van der Waals surface area contributed by atoms with E-state index in [1.807, 2.05) is 6.92 Å². The fourth-order valence-electron chi connectivity index (χ4n) is 0.716. The molecule has 1 saturated carbocycles. The van der Waals surface area contributed by atoms with Gasteiger partial charge in [0.1, 0.15) is 6.10 Å². The van der Waals surface area contributed by atoms with Crippen LogP contribution in [0.15, 0.2) is 16.4 Å². The van der Waals surface area contributed by atoms with Crippen LogP contribution in [0.3, 0.4) is 0 Å². The van der Waals surface area contributed by atoms with Gasteiger partial charge >= 0.3 is 0 Å². The third-order valence-corrected chi connectivity index (χ3v) is 1.53. The summed E-state index contributed by atoms with van der Waals surface area (Å²) in [5, 5.41) is 0. The van der Waals surface area contributed by atoms with Gasteiger partial charge in [-0.2, -0.15) is 0 Å². The predicted octanol–water partition coefficient (Wildman–Crippen LogP) is 1.06. The Morgan fingerprint density at radius 3 is 2.73 bits per heavy atom. The van der Waals surface area contributed by atoms with Crippen LogP contribution in [0.5, 0.6) is 0 Å². The van der Waals surface area contributed by atoms with E-state index in [0.717, 1.165) is 18.4 Å². The van der Waals surface area contributed by atoms with Gasteiger partial charge in [-0.25, -0.2) is 0 Å². The van der Waals surface area contributed by atoms with Gasteiger partial charge in [0.25, 0.3) is 0 Å². The lowest BCUT2D eigenvalue weighted by Crippen LogP contribution is -2.07. The highest BCUT2D eigenvalue weighted by Crippen LogP contribution is 2.25. The fraction of sp³-hybridized carbons (Fsp3) is 0.625. The fourth-order valence-corrected chi connectivity index (χ4v) is 0.716. The lowest BCUT2D eigenvalue weighted by molar-refractivity contribution is 0.192. The minimum atomic E-state index is 0.371. The number of allylic oxidation sites excluding steroid dienone is 1. The monoisotopic (exact) mass is 154 g/mol. The van der Waals surface area contributed by atoms with Crippen LogP contribution < -0.4 is 5.73 Å². The number of nitrogens with two attached hydrogens (primary N) is 1. The first-order chi connectivity index (χ1) is 5.24. The van der Waals surface area contributed by atoms with E-state index in [2.05, 4.69) is 4.99 Å². The first kappa shape index (κ1) is 8.11. The van der Waals surface area contributed by atoms with E-state index in [0.29, 0.717) is 12.0 Å². The molecule has 0 amide bonds. The number of aliphatic imine (C=N–C) groups is 1. The zero-order chi connectivity index (χ0) is 8.27. The van der Waals surface area contributed by atoms with Gasteiger partial charge in [0.15, 0.2) is 5.88 Å². The Hall–Kier alpha value is -0.990. The summed E-state index contributed by atoms with van der Waals surface area (Å²) in [6.45, 7) is 1.89. The van der Waals surface area contributed by atoms with Crippen molar-refractivity contribution in [2.45, 2.75) is 25.9 Å². The number of rotatable bonds is 3. The summed E-state index contributed by atoms with van der Waals surface area (Å²) in [5.41, 5.74) is 6.51. The highest BCUT2D eigenvalue weighted by Gasteiger charge is 2.23. The quantitative estimate of drug-likeness (QED) is 0.488. The van der Waals surface area contributed by atoms with Gasteiger partial charge in [-0.3, -0.25) is 4.99 Å². The van der Waals surface area contributed by atoms with E-state index in [9.17, 15) is 0 Å². The number of hydrogen-bond donors (Lipinski definition) is 1. The van der Waals surface area contributed by atoms with Gasteiger partial charge < -0.3 is 10.5 Å². The van der Waals surface area contributed by atoms with Crippen molar-refractivity contribution < 1.29 is 4.74 Å². The molecule has 62 valence electrons. The second kappa shape index (κ2) is 3.42. The molecule has 0 radical (unpaired) electrons. The second-order valence-electron chi connectivity index (χ2n) is 2.75. The Balaban J connectivity index is 2.45. The molecule has 0 unspecified atom stereocenters. The van der Waals surface area contributed by atoms with Crippen LogP contribution in [0.25, 0.3) is 0 Å². The molecular weight excluding hydrogens is 140 g/mol. The largest absolute Gasteiger partial charge is 0.476 e. The molecule has 1 rings (SSSR count). The van der Waals surface area contributed by atoms with Gasteiger partial charge in [-0.05, 0) is 19.8 Å². The van der Waals surface area contributed by atoms with Crippen LogP contribution in [0.1, 0.15) is 19.8 Å². The van der Waals surface area contributed by atoms with Gasteiger partial charge in [-0.15, -0.1) is 0 Å². The van der Waals surface area contributed by atoms with E-state index < -0.39 is 0 Å². The molecule has 0 aromatic heterocycles. The molecule has 0 aromatic carbocycles. The summed E-state index contributed by atoms with van der Waals surface area (Å²) >= 11 is 0. The van der Waals surface area contributed by atoms with Crippen molar-refractivity contribution in [1.29, 1.82) is 0 Å². The number of hydrogen-bond acceptors (Lipinski definition) is 3. The van der Waals surface area contributed by atoms with Crippen molar-refractivity contribution >= 4 is 6.21 Å². The van der Waals surface area contributed by atoms with E-state index in [-0.39, 0.29) is 0 Å². The van der Waals surface area contributed by atoms with Crippen LogP contribution in [0, 0.1) is 0 Å². The van der Waals surface area contributed by atoms with Crippen LogP contribution >= 0.6 is 0 Å². The van der Waals surface area contributed by atoms with E-state index in [4.69, 9.17) is 10.5 Å². The minimum Gasteiger partial charge on any atom is -0.476 e. The topological polar surface area (TPSA) is 47.6 Å². The molecule has 0 bridgehead atoms. The van der Waals surface area contributed by atoms with Gasteiger partial charge in [-0.1, -0.05) is 0 Å². The number of ether oxygens (including phenoxy) is 1. The Bertz CT molecular complexity index is 192. The van der Waals surface area contributed by atoms with Gasteiger partial charge in [0.2, 0.25) is 0 Å². The first-order valence-electron chi connectivity index (χ1n) is 3.79. The molecule has 11 heavy (non-hydrogen) atoms.